The molecule has 1 rings (SSSR count). The number of ether oxygens (including phenoxy) is 1. The Kier molecular flexibility index (Phi) is 7.07. The number of thiocarbonyl (C=S) groups is 1. The number of carbonyl (C=O) groups excluding carboxylic acids is 1. The predicted octanol–water partition coefficient (Wildman–Crippen LogP) is -0.132. The van der Waals surface area contributed by atoms with Crippen LogP contribution in [0.25, 0.3) is 0 Å². The average Bonchev–Trinajstić information content (AvgIpc) is 2.44. The molecule has 0 aliphatic rings. The number of hydrogen-bond acceptors (Lipinski definition) is 5. The van der Waals surface area contributed by atoms with Gasteiger partial charge in [0.05, 0.1) is 6.54 Å². The summed E-state index contributed by atoms with van der Waals surface area (Å²) in [5.74, 6) is 0.159. The first kappa shape index (κ1) is 17.4. The molecule has 1 aromatic carbocycles. The molecule has 116 valence electrons. The van der Waals surface area contributed by atoms with E-state index in [2.05, 4.69) is 0 Å². The van der Waals surface area contributed by atoms with Crippen molar-refractivity contribution in [1.29, 1.82) is 0 Å². The number of carbonyl (C=O) groups is 1. The second-order valence-electron chi connectivity index (χ2n) is 4.65. The van der Waals surface area contributed by atoms with Gasteiger partial charge in [-0.05, 0) is 18.7 Å². The Morgan fingerprint density at radius 1 is 1.48 bits per heavy atom. The molecule has 0 radical (unpaired) electrons. The summed E-state index contributed by atoms with van der Waals surface area (Å²) >= 11 is 4.89. The first-order chi connectivity index (χ1) is 9.92. The molecule has 0 aromatic heterocycles. The Morgan fingerprint density at radius 3 is 2.76 bits per heavy atom. The maximum atomic E-state index is 10.9. The van der Waals surface area contributed by atoms with Crippen molar-refractivity contribution in [3.8, 4) is 5.75 Å². The van der Waals surface area contributed by atoms with Gasteiger partial charge in [0.1, 0.15) is 23.4 Å². The minimum absolute atomic E-state index is 0.107. The van der Waals surface area contributed by atoms with Crippen molar-refractivity contribution in [2.75, 3.05) is 26.2 Å². The van der Waals surface area contributed by atoms with E-state index in [0.717, 1.165) is 0 Å². The van der Waals surface area contributed by atoms with E-state index in [9.17, 15) is 9.90 Å². The number of amides is 1. The molecule has 7 heteroatoms. The molecule has 21 heavy (non-hydrogen) atoms. The quantitative estimate of drug-likeness (QED) is 0.549. The molecule has 0 saturated carbocycles. The monoisotopic (exact) mass is 311 g/mol. The molecule has 1 unspecified atom stereocenters. The lowest BCUT2D eigenvalue weighted by Gasteiger charge is -2.22. The summed E-state index contributed by atoms with van der Waals surface area (Å²) in [6, 6.07) is 7.05. The van der Waals surface area contributed by atoms with Crippen LogP contribution in [0, 0.1) is 0 Å². The largest absolute Gasteiger partial charge is 0.491 e. The highest BCUT2D eigenvalue weighted by Gasteiger charge is 2.13. The van der Waals surface area contributed by atoms with E-state index in [4.69, 9.17) is 28.4 Å². The molecular formula is C14H21N3O3S. The summed E-state index contributed by atoms with van der Waals surface area (Å²) in [4.78, 5) is 12.9. The molecule has 5 N–H and O–H groups in total. The van der Waals surface area contributed by atoms with E-state index in [-0.39, 0.29) is 13.2 Å². The number of primary amides is 1. The third-order valence-corrected chi connectivity index (χ3v) is 3.09. The van der Waals surface area contributed by atoms with Gasteiger partial charge in [-0.15, -0.1) is 0 Å². The molecule has 0 aliphatic heterocycles. The van der Waals surface area contributed by atoms with Crippen LogP contribution in [0.4, 0.5) is 0 Å². The fourth-order valence-electron chi connectivity index (χ4n) is 1.81. The highest BCUT2D eigenvalue weighted by molar-refractivity contribution is 7.80. The van der Waals surface area contributed by atoms with Gasteiger partial charge >= 0.3 is 0 Å². The van der Waals surface area contributed by atoms with Gasteiger partial charge in [0, 0.05) is 12.1 Å². The topological polar surface area (TPSA) is 102 Å². The van der Waals surface area contributed by atoms with Crippen LogP contribution in [0.15, 0.2) is 24.3 Å². The SMILES string of the molecule is CCN(CC(N)=O)CC(O)COc1cccc(C(N)=S)c1. The minimum atomic E-state index is -0.724. The summed E-state index contributed by atoms with van der Waals surface area (Å²) in [6.45, 7) is 3.05. The van der Waals surface area contributed by atoms with Crippen LogP contribution in [0.2, 0.25) is 0 Å². The number of nitrogens with two attached hydrogens (primary N) is 2. The van der Waals surface area contributed by atoms with Crippen LogP contribution in [-0.4, -0.2) is 53.2 Å². The second-order valence-corrected chi connectivity index (χ2v) is 5.09. The van der Waals surface area contributed by atoms with Crippen LogP contribution >= 0.6 is 12.2 Å². The zero-order valence-electron chi connectivity index (χ0n) is 12.0. The smallest absolute Gasteiger partial charge is 0.231 e. The Morgan fingerprint density at radius 2 is 2.19 bits per heavy atom. The summed E-state index contributed by atoms with van der Waals surface area (Å²) in [7, 11) is 0. The Hall–Kier alpha value is -1.70. The lowest BCUT2D eigenvalue weighted by Crippen LogP contribution is -2.40. The third kappa shape index (κ3) is 6.52. The fourth-order valence-corrected chi connectivity index (χ4v) is 1.94. The summed E-state index contributed by atoms with van der Waals surface area (Å²) in [5, 5.41) is 9.93. The van der Waals surface area contributed by atoms with Gasteiger partial charge in [-0.3, -0.25) is 9.69 Å². The number of aliphatic hydroxyl groups is 1. The lowest BCUT2D eigenvalue weighted by atomic mass is 10.2. The Bertz CT molecular complexity index is 496. The lowest BCUT2D eigenvalue weighted by molar-refractivity contribution is -0.119. The maximum absolute atomic E-state index is 10.9. The van der Waals surface area contributed by atoms with Crippen molar-refractivity contribution in [1.82, 2.24) is 4.90 Å². The fraction of sp³-hybridized carbons (Fsp3) is 0.429. The normalized spacial score (nSPS) is 12.1. The van der Waals surface area contributed by atoms with Crippen LogP contribution < -0.4 is 16.2 Å². The van der Waals surface area contributed by atoms with Crippen LogP contribution in [0.1, 0.15) is 12.5 Å². The van der Waals surface area contributed by atoms with E-state index in [0.29, 0.717) is 29.4 Å². The third-order valence-electron chi connectivity index (χ3n) is 2.86. The number of hydrogen-bond donors (Lipinski definition) is 3. The zero-order chi connectivity index (χ0) is 15.8. The second kappa shape index (κ2) is 8.56. The summed E-state index contributed by atoms with van der Waals surface area (Å²) < 4.78 is 5.50. The minimum Gasteiger partial charge on any atom is -0.491 e. The zero-order valence-corrected chi connectivity index (χ0v) is 12.8. The van der Waals surface area contributed by atoms with Crippen LogP contribution in [0.5, 0.6) is 5.75 Å². The Balaban J connectivity index is 2.48. The van der Waals surface area contributed by atoms with Gasteiger partial charge in [0.2, 0.25) is 5.91 Å². The molecule has 1 atom stereocenters. The van der Waals surface area contributed by atoms with Gasteiger partial charge in [-0.1, -0.05) is 31.3 Å². The van der Waals surface area contributed by atoms with Gasteiger partial charge in [-0.2, -0.15) is 0 Å². The van der Waals surface area contributed by atoms with Crippen molar-refractivity contribution in [2.45, 2.75) is 13.0 Å². The molecule has 0 bridgehead atoms. The average molecular weight is 311 g/mol. The first-order valence-electron chi connectivity index (χ1n) is 6.63. The number of aliphatic hydroxyl groups excluding tert-OH is 1. The van der Waals surface area contributed by atoms with Crippen LogP contribution in [-0.2, 0) is 4.79 Å². The van der Waals surface area contributed by atoms with Gasteiger partial charge in [0.25, 0.3) is 0 Å². The first-order valence-corrected chi connectivity index (χ1v) is 7.04. The van der Waals surface area contributed by atoms with Crippen molar-refractivity contribution >= 4 is 23.1 Å². The number of nitrogens with zero attached hydrogens (tertiary/aromatic N) is 1. The molecule has 6 nitrogen and oxygen atoms in total. The van der Waals surface area contributed by atoms with Crippen molar-refractivity contribution in [3.05, 3.63) is 29.8 Å². The maximum Gasteiger partial charge on any atom is 0.231 e. The van der Waals surface area contributed by atoms with E-state index in [1.165, 1.54) is 0 Å². The summed E-state index contributed by atoms with van der Waals surface area (Å²) in [5.41, 5.74) is 11.4. The van der Waals surface area contributed by atoms with E-state index in [1.807, 2.05) is 6.92 Å². The van der Waals surface area contributed by atoms with Crippen molar-refractivity contribution in [2.24, 2.45) is 11.5 Å². The van der Waals surface area contributed by atoms with Gasteiger partial charge < -0.3 is 21.3 Å². The molecule has 0 fully saturated rings. The highest BCUT2D eigenvalue weighted by atomic mass is 32.1. The molecule has 1 aromatic rings. The standard InChI is InChI=1S/C14H21N3O3S/c1-2-17(8-13(15)19)7-11(18)9-20-12-5-3-4-10(6-12)14(16)21/h3-6,11,18H,2,7-9H2,1H3,(H2,15,19)(H2,16,21). The predicted molar refractivity (Wildman–Crippen MR) is 85.1 cm³/mol. The molecule has 0 spiro atoms. The number of likely N-dealkylation sites (N-methyl/N-ethyl adjacent to an activating group) is 1. The highest BCUT2D eigenvalue weighted by Crippen LogP contribution is 2.13. The summed E-state index contributed by atoms with van der Waals surface area (Å²) in [6.07, 6.45) is -0.724. The van der Waals surface area contributed by atoms with E-state index < -0.39 is 12.0 Å². The molecule has 0 heterocycles. The van der Waals surface area contributed by atoms with Crippen molar-refractivity contribution < 1.29 is 14.6 Å². The Labute approximate surface area is 129 Å². The van der Waals surface area contributed by atoms with E-state index in [1.54, 1.807) is 29.2 Å². The van der Waals surface area contributed by atoms with E-state index >= 15 is 0 Å². The van der Waals surface area contributed by atoms with Crippen LogP contribution in [0.3, 0.4) is 0 Å². The molecule has 1 amide bonds. The number of benzene rings is 1. The van der Waals surface area contributed by atoms with Gasteiger partial charge in [0.15, 0.2) is 0 Å². The van der Waals surface area contributed by atoms with Gasteiger partial charge in [-0.25, -0.2) is 0 Å². The molecule has 0 saturated heterocycles. The van der Waals surface area contributed by atoms with Crippen molar-refractivity contribution in [3.63, 3.8) is 0 Å². The molecule has 0 aliphatic carbocycles. The number of rotatable bonds is 9. The molecular weight excluding hydrogens is 290 g/mol.